The second kappa shape index (κ2) is 3.02. The first-order chi connectivity index (χ1) is 5.79. The van der Waals surface area contributed by atoms with Gasteiger partial charge in [-0.3, -0.25) is 4.79 Å². The molecule has 0 aromatic carbocycles. The van der Waals surface area contributed by atoms with Crippen LogP contribution in [0.2, 0.25) is 0 Å². The van der Waals surface area contributed by atoms with Crippen molar-refractivity contribution in [1.29, 1.82) is 0 Å². The molecule has 2 rings (SSSR count). The van der Waals surface area contributed by atoms with E-state index in [1.165, 1.54) is 17.7 Å². The van der Waals surface area contributed by atoms with Gasteiger partial charge in [0.2, 0.25) is 0 Å². The first kappa shape index (κ1) is 7.99. The Morgan fingerprint density at radius 2 is 2.42 bits per heavy atom. The van der Waals surface area contributed by atoms with Crippen LogP contribution in [0.25, 0.3) is 0 Å². The van der Waals surface area contributed by atoms with E-state index in [-0.39, 0.29) is 0 Å². The van der Waals surface area contributed by atoms with Gasteiger partial charge in [-0.15, -0.1) is 11.3 Å². The van der Waals surface area contributed by atoms with E-state index >= 15 is 0 Å². The quantitative estimate of drug-likeness (QED) is 0.654. The lowest BCUT2D eigenvalue weighted by Gasteiger charge is -1.91. The minimum Gasteiger partial charge on any atom is -0.297 e. The van der Waals surface area contributed by atoms with Gasteiger partial charge in [-0.2, -0.15) is 0 Å². The van der Waals surface area contributed by atoms with Crippen LogP contribution < -0.4 is 0 Å². The Hall–Kier alpha value is -0.630. The Morgan fingerprint density at radius 1 is 1.67 bits per heavy atom. The van der Waals surface area contributed by atoms with Gasteiger partial charge < -0.3 is 0 Å². The fraction of sp³-hybridized carbons (Fsp3) is 0.500. The molecule has 0 amide bonds. The van der Waals surface area contributed by atoms with Gasteiger partial charge >= 0.3 is 0 Å². The number of carbonyl (C=O) groups excluding carboxylic acids is 1. The third-order valence-corrected chi connectivity index (χ3v) is 3.57. The van der Waals surface area contributed by atoms with Crippen molar-refractivity contribution < 1.29 is 4.79 Å². The Kier molecular flexibility index (Phi) is 2.01. The molecule has 1 unspecified atom stereocenters. The molecule has 1 heterocycles. The van der Waals surface area contributed by atoms with E-state index in [1.54, 1.807) is 11.3 Å². The maximum Gasteiger partial charge on any atom is 0.160 e. The van der Waals surface area contributed by atoms with Crippen molar-refractivity contribution in [1.82, 2.24) is 0 Å². The first-order valence-electron chi connectivity index (χ1n) is 4.33. The topological polar surface area (TPSA) is 17.1 Å². The SMILES string of the molecule is C[C@H]1CC1Cc1ccc(C=O)s1. The van der Waals surface area contributed by atoms with E-state index in [0.717, 1.165) is 23.0 Å². The van der Waals surface area contributed by atoms with E-state index in [0.29, 0.717) is 0 Å². The van der Waals surface area contributed by atoms with Gasteiger partial charge in [-0.25, -0.2) is 0 Å². The van der Waals surface area contributed by atoms with Crippen LogP contribution in [0.15, 0.2) is 12.1 Å². The summed E-state index contributed by atoms with van der Waals surface area (Å²) in [4.78, 5) is 12.6. The predicted octanol–water partition coefficient (Wildman–Crippen LogP) is 2.76. The van der Waals surface area contributed by atoms with Gasteiger partial charge in [0.25, 0.3) is 0 Å². The highest BCUT2D eigenvalue weighted by molar-refractivity contribution is 7.13. The zero-order chi connectivity index (χ0) is 8.55. The second-order valence-corrected chi connectivity index (χ2v) is 4.80. The minimum absolute atomic E-state index is 0.860. The molecule has 1 saturated carbocycles. The lowest BCUT2D eigenvalue weighted by molar-refractivity contribution is 0.112. The minimum atomic E-state index is 0.860. The Morgan fingerprint density at radius 3 is 2.92 bits per heavy atom. The molecule has 0 radical (unpaired) electrons. The summed E-state index contributed by atoms with van der Waals surface area (Å²) in [5, 5.41) is 0. The maximum absolute atomic E-state index is 10.4. The number of rotatable bonds is 3. The Labute approximate surface area is 76.4 Å². The van der Waals surface area contributed by atoms with Crippen LogP contribution in [0.5, 0.6) is 0 Å². The van der Waals surface area contributed by atoms with Crippen LogP contribution in [0.3, 0.4) is 0 Å². The molecule has 1 fully saturated rings. The number of aldehydes is 1. The average molecular weight is 180 g/mol. The third kappa shape index (κ3) is 1.58. The van der Waals surface area contributed by atoms with Gasteiger partial charge in [0.05, 0.1) is 4.88 Å². The van der Waals surface area contributed by atoms with Crippen molar-refractivity contribution in [2.45, 2.75) is 19.8 Å². The van der Waals surface area contributed by atoms with E-state index in [4.69, 9.17) is 0 Å². The van der Waals surface area contributed by atoms with Crippen molar-refractivity contribution in [2.24, 2.45) is 11.8 Å². The lowest BCUT2D eigenvalue weighted by Crippen LogP contribution is -1.82. The molecule has 64 valence electrons. The molecule has 2 atom stereocenters. The van der Waals surface area contributed by atoms with E-state index < -0.39 is 0 Å². The average Bonchev–Trinajstić information content (AvgIpc) is 2.61. The number of hydrogen-bond acceptors (Lipinski definition) is 2. The molecule has 0 N–H and O–H groups in total. The maximum atomic E-state index is 10.4. The second-order valence-electron chi connectivity index (χ2n) is 3.60. The monoisotopic (exact) mass is 180 g/mol. The zero-order valence-electron chi connectivity index (χ0n) is 7.12. The highest BCUT2D eigenvalue weighted by Crippen LogP contribution is 2.41. The predicted molar refractivity (Wildman–Crippen MR) is 50.7 cm³/mol. The van der Waals surface area contributed by atoms with Gasteiger partial charge in [0.15, 0.2) is 6.29 Å². The van der Waals surface area contributed by atoms with Crippen LogP contribution in [-0.2, 0) is 6.42 Å². The van der Waals surface area contributed by atoms with Gasteiger partial charge in [-0.1, -0.05) is 6.92 Å². The van der Waals surface area contributed by atoms with Crippen molar-refractivity contribution in [2.75, 3.05) is 0 Å². The fourth-order valence-corrected chi connectivity index (χ4v) is 2.43. The lowest BCUT2D eigenvalue weighted by atomic mass is 10.2. The fourth-order valence-electron chi connectivity index (χ4n) is 1.51. The highest BCUT2D eigenvalue weighted by atomic mass is 32.1. The molecule has 1 aliphatic rings. The number of carbonyl (C=O) groups is 1. The molecular formula is C10H12OS. The summed E-state index contributed by atoms with van der Waals surface area (Å²) >= 11 is 1.64. The summed E-state index contributed by atoms with van der Waals surface area (Å²) in [6.45, 7) is 2.29. The van der Waals surface area contributed by atoms with Crippen LogP contribution in [0.1, 0.15) is 27.9 Å². The van der Waals surface area contributed by atoms with Crippen molar-refractivity contribution in [3.8, 4) is 0 Å². The van der Waals surface area contributed by atoms with Crippen molar-refractivity contribution in [3.05, 3.63) is 21.9 Å². The number of hydrogen-bond donors (Lipinski definition) is 0. The highest BCUT2D eigenvalue weighted by Gasteiger charge is 2.32. The van der Waals surface area contributed by atoms with Crippen LogP contribution >= 0.6 is 11.3 Å². The van der Waals surface area contributed by atoms with Crippen molar-refractivity contribution >= 4 is 17.6 Å². The van der Waals surface area contributed by atoms with Crippen LogP contribution in [0, 0.1) is 11.8 Å². The molecular weight excluding hydrogens is 168 g/mol. The largest absolute Gasteiger partial charge is 0.297 e. The summed E-state index contributed by atoms with van der Waals surface area (Å²) in [5.74, 6) is 1.80. The number of thiophene rings is 1. The first-order valence-corrected chi connectivity index (χ1v) is 5.15. The van der Waals surface area contributed by atoms with Crippen LogP contribution in [-0.4, -0.2) is 6.29 Å². The Balaban J connectivity index is 1.99. The molecule has 1 aliphatic carbocycles. The van der Waals surface area contributed by atoms with E-state index in [2.05, 4.69) is 13.0 Å². The van der Waals surface area contributed by atoms with Crippen LogP contribution in [0.4, 0.5) is 0 Å². The summed E-state index contributed by atoms with van der Waals surface area (Å²) < 4.78 is 0. The smallest absolute Gasteiger partial charge is 0.160 e. The standard InChI is InChI=1S/C10H12OS/c1-7-4-8(7)5-9-2-3-10(6-11)12-9/h2-3,6-8H,4-5H2,1H3/t7-,8?/m0/s1. The summed E-state index contributed by atoms with van der Waals surface area (Å²) in [5.41, 5.74) is 0. The molecule has 0 aliphatic heterocycles. The van der Waals surface area contributed by atoms with Gasteiger partial charge in [-0.05, 0) is 36.8 Å². The molecule has 0 bridgehead atoms. The molecule has 2 heteroatoms. The summed E-state index contributed by atoms with van der Waals surface area (Å²) in [6, 6.07) is 4.00. The summed E-state index contributed by atoms with van der Waals surface area (Å²) in [6.07, 6.45) is 3.48. The summed E-state index contributed by atoms with van der Waals surface area (Å²) in [7, 11) is 0. The molecule has 1 aromatic rings. The molecule has 1 aromatic heterocycles. The molecule has 0 saturated heterocycles. The normalized spacial score (nSPS) is 27.1. The van der Waals surface area contributed by atoms with Gasteiger partial charge in [0.1, 0.15) is 0 Å². The Bertz CT molecular complexity index is 290. The zero-order valence-corrected chi connectivity index (χ0v) is 7.93. The molecule has 12 heavy (non-hydrogen) atoms. The molecule has 1 nitrogen and oxygen atoms in total. The third-order valence-electron chi connectivity index (χ3n) is 2.54. The van der Waals surface area contributed by atoms with Gasteiger partial charge in [0, 0.05) is 4.88 Å². The van der Waals surface area contributed by atoms with Crippen molar-refractivity contribution in [3.63, 3.8) is 0 Å². The van der Waals surface area contributed by atoms with E-state index in [9.17, 15) is 4.79 Å². The van der Waals surface area contributed by atoms with E-state index in [1.807, 2.05) is 6.07 Å². The molecule has 0 spiro atoms.